The standard InChI is InChI=1S/C17H23F2N3.HI/c18-17(19)8-2-3-12(10-17)11-21-16(20)22-15-7-6-13-4-1-5-14(13)9-15;/h6-7,9,12H,1-5,8,10-11H2,(H3,20,21,22);1H. The highest BCUT2D eigenvalue weighted by atomic mass is 127. The molecule has 6 heteroatoms. The molecule has 1 unspecified atom stereocenters. The van der Waals surface area contributed by atoms with E-state index in [4.69, 9.17) is 5.73 Å². The fraction of sp³-hybridized carbons (Fsp3) is 0.588. The van der Waals surface area contributed by atoms with E-state index in [1.54, 1.807) is 0 Å². The van der Waals surface area contributed by atoms with E-state index < -0.39 is 5.92 Å². The third-order valence-corrected chi connectivity index (χ3v) is 4.63. The molecule has 0 spiro atoms. The first-order chi connectivity index (χ1) is 10.5. The third-order valence-electron chi connectivity index (χ3n) is 4.63. The van der Waals surface area contributed by atoms with Crippen molar-refractivity contribution in [3.8, 4) is 0 Å². The van der Waals surface area contributed by atoms with Gasteiger partial charge in [-0.1, -0.05) is 6.07 Å². The summed E-state index contributed by atoms with van der Waals surface area (Å²) in [6, 6.07) is 6.24. The predicted molar refractivity (Wildman–Crippen MR) is 101 cm³/mol. The van der Waals surface area contributed by atoms with Gasteiger partial charge in [-0.05, 0) is 61.3 Å². The number of aliphatic imine (C=N–C) groups is 1. The van der Waals surface area contributed by atoms with Crippen LogP contribution in [0.15, 0.2) is 23.2 Å². The van der Waals surface area contributed by atoms with Gasteiger partial charge in [0, 0.05) is 25.1 Å². The molecule has 0 aromatic heterocycles. The van der Waals surface area contributed by atoms with Crippen molar-refractivity contribution < 1.29 is 8.78 Å². The van der Waals surface area contributed by atoms with Crippen LogP contribution in [0.1, 0.15) is 43.2 Å². The highest BCUT2D eigenvalue weighted by Crippen LogP contribution is 2.36. The fourth-order valence-electron chi connectivity index (χ4n) is 3.50. The topological polar surface area (TPSA) is 50.4 Å². The van der Waals surface area contributed by atoms with Gasteiger partial charge >= 0.3 is 0 Å². The van der Waals surface area contributed by atoms with Crippen molar-refractivity contribution in [3.63, 3.8) is 0 Å². The molecule has 0 radical (unpaired) electrons. The van der Waals surface area contributed by atoms with E-state index in [1.165, 1.54) is 17.5 Å². The van der Waals surface area contributed by atoms with Crippen molar-refractivity contribution in [2.24, 2.45) is 16.6 Å². The van der Waals surface area contributed by atoms with Gasteiger partial charge in [0.15, 0.2) is 5.96 Å². The summed E-state index contributed by atoms with van der Waals surface area (Å²) in [5.41, 5.74) is 9.59. The molecule has 3 rings (SSSR count). The molecule has 0 bridgehead atoms. The van der Waals surface area contributed by atoms with Gasteiger partial charge in [-0.2, -0.15) is 0 Å². The molecule has 0 aliphatic heterocycles. The summed E-state index contributed by atoms with van der Waals surface area (Å²) in [6.45, 7) is 0.374. The number of benzene rings is 1. The van der Waals surface area contributed by atoms with E-state index in [9.17, 15) is 8.78 Å². The minimum absolute atomic E-state index is 0. The molecule has 1 aromatic carbocycles. The van der Waals surface area contributed by atoms with Crippen LogP contribution >= 0.6 is 24.0 Å². The minimum atomic E-state index is -2.53. The van der Waals surface area contributed by atoms with E-state index >= 15 is 0 Å². The van der Waals surface area contributed by atoms with Gasteiger partial charge in [-0.25, -0.2) is 8.78 Å². The summed E-state index contributed by atoms with van der Waals surface area (Å²) in [7, 11) is 0. The Bertz CT molecular complexity index is 575. The minimum Gasteiger partial charge on any atom is -0.370 e. The molecule has 1 saturated carbocycles. The van der Waals surface area contributed by atoms with Crippen LogP contribution in [0.25, 0.3) is 0 Å². The Hall–Kier alpha value is -0.920. The maximum atomic E-state index is 13.4. The average molecular weight is 435 g/mol. The number of anilines is 1. The number of rotatable bonds is 3. The predicted octanol–water partition coefficient (Wildman–Crippen LogP) is 4.35. The van der Waals surface area contributed by atoms with Crippen molar-refractivity contribution >= 4 is 35.6 Å². The zero-order valence-corrected chi connectivity index (χ0v) is 15.5. The van der Waals surface area contributed by atoms with Gasteiger partial charge < -0.3 is 11.1 Å². The van der Waals surface area contributed by atoms with Crippen LogP contribution in [-0.4, -0.2) is 18.4 Å². The van der Waals surface area contributed by atoms with Gasteiger partial charge in [0.05, 0.1) is 0 Å². The highest BCUT2D eigenvalue weighted by molar-refractivity contribution is 14.0. The molecule has 2 aliphatic carbocycles. The number of alkyl halides is 2. The molecule has 1 atom stereocenters. The first-order valence-electron chi connectivity index (χ1n) is 8.08. The number of hydrogen-bond acceptors (Lipinski definition) is 1. The number of guanidine groups is 1. The summed E-state index contributed by atoms with van der Waals surface area (Å²) in [5, 5.41) is 3.07. The Kier molecular flexibility index (Phi) is 6.22. The monoisotopic (exact) mass is 435 g/mol. The number of nitrogens with two attached hydrogens (primary N) is 1. The van der Waals surface area contributed by atoms with Crippen LogP contribution in [-0.2, 0) is 12.8 Å². The second kappa shape index (κ2) is 7.77. The first kappa shape index (κ1) is 18.4. The van der Waals surface area contributed by atoms with Crippen molar-refractivity contribution in [2.75, 3.05) is 11.9 Å². The van der Waals surface area contributed by atoms with Crippen LogP contribution in [0.5, 0.6) is 0 Å². The molecule has 3 nitrogen and oxygen atoms in total. The lowest BCUT2D eigenvalue weighted by atomic mass is 9.87. The molecule has 2 aliphatic rings. The van der Waals surface area contributed by atoms with E-state index in [1.807, 2.05) is 6.07 Å². The number of hydrogen-bond donors (Lipinski definition) is 2. The lowest BCUT2D eigenvalue weighted by Crippen LogP contribution is -2.29. The number of nitrogens with zero attached hydrogens (tertiary/aromatic N) is 1. The molecule has 0 amide bonds. The van der Waals surface area contributed by atoms with E-state index in [0.29, 0.717) is 18.9 Å². The van der Waals surface area contributed by atoms with Crippen LogP contribution < -0.4 is 11.1 Å². The summed E-state index contributed by atoms with van der Waals surface area (Å²) >= 11 is 0. The Morgan fingerprint density at radius 1 is 1.26 bits per heavy atom. The summed E-state index contributed by atoms with van der Waals surface area (Å²) < 4.78 is 26.7. The third kappa shape index (κ3) is 5.02. The zero-order chi connectivity index (χ0) is 15.6. The molecule has 1 aromatic rings. The Balaban J connectivity index is 0.00000192. The maximum Gasteiger partial charge on any atom is 0.248 e. The summed E-state index contributed by atoms with van der Waals surface area (Å²) in [4.78, 5) is 4.25. The fourth-order valence-corrected chi connectivity index (χ4v) is 3.50. The number of halogens is 3. The lowest BCUT2D eigenvalue weighted by molar-refractivity contribution is -0.0507. The maximum absolute atomic E-state index is 13.4. The van der Waals surface area contributed by atoms with Crippen LogP contribution in [0.4, 0.5) is 14.5 Å². The second-order valence-electron chi connectivity index (χ2n) is 6.51. The molecule has 23 heavy (non-hydrogen) atoms. The van der Waals surface area contributed by atoms with Gasteiger partial charge in [0.25, 0.3) is 0 Å². The smallest absolute Gasteiger partial charge is 0.248 e. The van der Waals surface area contributed by atoms with Crippen molar-refractivity contribution in [1.29, 1.82) is 0 Å². The molecule has 0 heterocycles. The van der Waals surface area contributed by atoms with E-state index in [2.05, 4.69) is 22.4 Å². The Morgan fingerprint density at radius 3 is 2.83 bits per heavy atom. The van der Waals surface area contributed by atoms with Gasteiger partial charge in [0.2, 0.25) is 5.92 Å². The lowest BCUT2D eigenvalue weighted by Gasteiger charge is -2.27. The molecular formula is C17H24F2IN3. The summed E-state index contributed by atoms with van der Waals surface area (Å²) in [5.74, 6) is -2.28. The van der Waals surface area contributed by atoms with E-state index in [-0.39, 0.29) is 42.7 Å². The van der Waals surface area contributed by atoms with Gasteiger partial charge in [-0.15, -0.1) is 24.0 Å². The van der Waals surface area contributed by atoms with Crippen molar-refractivity contribution in [2.45, 2.75) is 50.9 Å². The van der Waals surface area contributed by atoms with Gasteiger partial charge in [0.1, 0.15) is 0 Å². The highest BCUT2D eigenvalue weighted by Gasteiger charge is 2.35. The number of fused-ring (bicyclic) bond motifs is 1. The number of aryl methyl sites for hydroxylation is 2. The Morgan fingerprint density at radius 2 is 2.04 bits per heavy atom. The van der Waals surface area contributed by atoms with Crippen LogP contribution in [0.2, 0.25) is 0 Å². The van der Waals surface area contributed by atoms with Crippen LogP contribution in [0, 0.1) is 5.92 Å². The molecule has 3 N–H and O–H groups in total. The first-order valence-corrected chi connectivity index (χ1v) is 8.08. The second-order valence-corrected chi connectivity index (χ2v) is 6.51. The quantitative estimate of drug-likeness (QED) is 0.422. The SMILES string of the molecule is I.NC(=NCC1CCCC(F)(F)C1)Nc1ccc2c(c1)CCC2. The molecule has 128 valence electrons. The molecule has 0 saturated heterocycles. The molecule has 1 fully saturated rings. The van der Waals surface area contributed by atoms with Crippen molar-refractivity contribution in [1.82, 2.24) is 0 Å². The van der Waals surface area contributed by atoms with Gasteiger partial charge in [-0.3, -0.25) is 4.99 Å². The number of nitrogens with one attached hydrogen (secondary N) is 1. The van der Waals surface area contributed by atoms with Crippen molar-refractivity contribution in [3.05, 3.63) is 29.3 Å². The van der Waals surface area contributed by atoms with Crippen LogP contribution in [0.3, 0.4) is 0 Å². The average Bonchev–Trinajstić information content (AvgIpc) is 2.92. The Labute approximate surface area is 153 Å². The van der Waals surface area contributed by atoms with E-state index in [0.717, 1.165) is 24.9 Å². The zero-order valence-electron chi connectivity index (χ0n) is 13.2. The largest absolute Gasteiger partial charge is 0.370 e. The summed E-state index contributed by atoms with van der Waals surface area (Å²) in [6.07, 6.45) is 4.79. The normalized spacial score (nSPS) is 23.0. The molecular weight excluding hydrogens is 411 g/mol.